The molecule has 2 aromatic rings. The molecule has 0 aliphatic heterocycles. The van der Waals surface area contributed by atoms with E-state index in [0.717, 1.165) is 10.2 Å². The first-order valence-corrected chi connectivity index (χ1v) is 10.7. The van der Waals surface area contributed by atoms with Gasteiger partial charge in [-0.1, -0.05) is 89.4 Å². The quantitative estimate of drug-likeness (QED) is 0.669. The van der Waals surface area contributed by atoms with E-state index in [4.69, 9.17) is 0 Å². The summed E-state index contributed by atoms with van der Waals surface area (Å²) in [6.07, 6.45) is 5.60. The van der Waals surface area contributed by atoms with Crippen LogP contribution < -0.4 is 5.32 Å². The van der Waals surface area contributed by atoms with Crippen molar-refractivity contribution in [1.29, 1.82) is 0 Å². The number of nitrogens with zero attached hydrogens (tertiary/aromatic N) is 3. The molecule has 2 unspecified atom stereocenters. The third-order valence-electron chi connectivity index (χ3n) is 4.70. The maximum absolute atomic E-state index is 12.6. The van der Waals surface area contributed by atoms with Gasteiger partial charge in [-0.15, -0.1) is 5.10 Å². The maximum atomic E-state index is 12.6. The molecular weight excluding hydrogens is 380 g/mol. The molecule has 0 spiro atoms. The average molecular weight is 417 g/mol. The third-order valence-corrected chi connectivity index (χ3v) is 4.70. The van der Waals surface area contributed by atoms with Crippen molar-refractivity contribution in [3.05, 3.63) is 47.8 Å². The molecule has 2 atom stereocenters. The standard InChI is InChI=1S/C18H24N4O3.C5H12/c1-12(2)16(15-11-22(21-20-15)18(24)25-4)19-17(23)13(3)10-14-8-6-5-7-9-14;1-3-5-4-2/h5-9,11-13,16H,10H2,1-4H3,(H,19,23);3-5H2,1-2H3. The molecule has 1 amide bonds. The van der Waals surface area contributed by atoms with Gasteiger partial charge in [-0.05, 0) is 17.9 Å². The van der Waals surface area contributed by atoms with E-state index in [9.17, 15) is 9.59 Å². The summed E-state index contributed by atoms with van der Waals surface area (Å²) >= 11 is 0. The molecule has 0 fully saturated rings. The van der Waals surface area contributed by atoms with Crippen LogP contribution >= 0.6 is 0 Å². The number of methoxy groups -OCH3 is 1. The summed E-state index contributed by atoms with van der Waals surface area (Å²) in [5.41, 5.74) is 1.64. The van der Waals surface area contributed by atoms with Gasteiger partial charge in [0.25, 0.3) is 0 Å². The Bertz CT molecular complexity index is 757. The SMILES string of the molecule is CCCCC.COC(=O)n1cc(C(NC(=O)C(C)Cc2ccccc2)C(C)C)nn1. The molecule has 0 aliphatic carbocycles. The van der Waals surface area contributed by atoms with E-state index < -0.39 is 6.09 Å². The number of carbonyl (C=O) groups is 2. The number of aromatic nitrogens is 3. The fourth-order valence-electron chi connectivity index (χ4n) is 2.89. The van der Waals surface area contributed by atoms with Crippen LogP contribution in [0.25, 0.3) is 0 Å². The van der Waals surface area contributed by atoms with Crippen LogP contribution in [0, 0.1) is 11.8 Å². The first-order valence-electron chi connectivity index (χ1n) is 10.7. The van der Waals surface area contributed by atoms with Crippen molar-refractivity contribution in [2.45, 2.75) is 66.3 Å². The number of unbranched alkanes of at least 4 members (excludes halogenated alkanes) is 2. The highest BCUT2D eigenvalue weighted by molar-refractivity contribution is 5.79. The molecule has 1 N–H and O–H groups in total. The highest BCUT2D eigenvalue weighted by atomic mass is 16.5. The van der Waals surface area contributed by atoms with Crippen molar-refractivity contribution in [2.24, 2.45) is 11.8 Å². The molecule has 1 aromatic carbocycles. The lowest BCUT2D eigenvalue weighted by Gasteiger charge is -2.22. The second kappa shape index (κ2) is 13.5. The van der Waals surface area contributed by atoms with Crippen LogP contribution in [0.5, 0.6) is 0 Å². The molecule has 0 saturated carbocycles. The molecule has 0 saturated heterocycles. The van der Waals surface area contributed by atoms with Gasteiger partial charge in [-0.2, -0.15) is 4.68 Å². The Morgan fingerprint density at radius 2 is 1.73 bits per heavy atom. The van der Waals surface area contributed by atoms with Crippen LogP contribution in [0.1, 0.15) is 71.2 Å². The highest BCUT2D eigenvalue weighted by Crippen LogP contribution is 2.20. The van der Waals surface area contributed by atoms with Crippen molar-refractivity contribution in [1.82, 2.24) is 20.3 Å². The van der Waals surface area contributed by atoms with Crippen molar-refractivity contribution in [3.8, 4) is 0 Å². The zero-order chi connectivity index (χ0) is 22.5. The highest BCUT2D eigenvalue weighted by Gasteiger charge is 2.25. The molecule has 30 heavy (non-hydrogen) atoms. The van der Waals surface area contributed by atoms with E-state index in [-0.39, 0.29) is 23.8 Å². The zero-order valence-electron chi connectivity index (χ0n) is 19.1. The van der Waals surface area contributed by atoms with Gasteiger partial charge >= 0.3 is 6.09 Å². The van der Waals surface area contributed by atoms with Crippen LogP contribution in [-0.2, 0) is 16.0 Å². The molecule has 0 bridgehead atoms. The number of benzene rings is 1. The summed E-state index contributed by atoms with van der Waals surface area (Å²) in [5, 5.41) is 10.8. The number of hydrogen-bond acceptors (Lipinski definition) is 5. The summed E-state index contributed by atoms with van der Waals surface area (Å²) < 4.78 is 5.63. The predicted molar refractivity (Wildman–Crippen MR) is 118 cm³/mol. The van der Waals surface area contributed by atoms with Gasteiger partial charge in [0.2, 0.25) is 5.91 Å². The Hall–Kier alpha value is -2.70. The molecule has 0 aliphatic rings. The van der Waals surface area contributed by atoms with Crippen LogP contribution in [0.4, 0.5) is 4.79 Å². The number of nitrogens with one attached hydrogen (secondary N) is 1. The molecular formula is C23H36N4O3. The largest absolute Gasteiger partial charge is 0.451 e. The van der Waals surface area contributed by atoms with E-state index in [1.54, 1.807) is 0 Å². The minimum atomic E-state index is -0.620. The lowest BCUT2D eigenvalue weighted by atomic mass is 9.97. The molecule has 1 aromatic heterocycles. The summed E-state index contributed by atoms with van der Waals surface area (Å²) in [5.74, 6) is -0.148. The van der Waals surface area contributed by atoms with Gasteiger partial charge in [0.05, 0.1) is 19.3 Å². The predicted octanol–water partition coefficient (Wildman–Crippen LogP) is 4.78. The summed E-state index contributed by atoms with van der Waals surface area (Å²) in [6.45, 7) is 10.3. The first kappa shape index (κ1) is 25.3. The first-order chi connectivity index (χ1) is 14.3. The van der Waals surface area contributed by atoms with E-state index in [1.165, 1.54) is 32.6 Å². The topological polar surface area (TPSA) is 86.1 Å². The third kappa shape index (κ3) is 8.35. The Balaban J connectivity index is 0.000000804. The van der Waals surface area contributed by atoms with Crippen molar-refractivity contribution < 1.29 is 14.3 Å². The zero-order valence-corrected chi connectivity index (χ0v) is 19.1. The van der Waals surface area contributed by atoms with Crippen LogP contribution in [0.15, 0.2) is 36.5 Å². The number of rotatable bonds is 8. The normalized spacial score (nSPS) is 12.5. The number of amides is 1. The Morgan fingerprint density at radius 3 is 2.23 bits per heavy atom. The summed E-state index contributed by atoms with van der Waals surface area (Å²) in [7, 11) is 1.27. The molecule has 7 heteroatoms. The van der Waals surface area contributed by atoms with E-state index in [2.05, 4.69) is 34.2 Å². The summed E-state index contributed by atoms with van der Waals surface area (Å²) in [6, 6.07) is 9.55. The molecule has 166 valence electrons. The monoisotopic (exact) mass is 416 g/mol. The van der Waals surface area contributed by atoms with Crippen molar-refractivity contribution in [3.63, 3.8) is 0 Å². The van der Waals surface area contributed by atoms with Crippen molar-refractivity contribution in [2.75, 3.05) is 7.11 Å². The Morgan fingerprint density at radius 1 is 1.10 bits per heavy atom. The molecule has 2 rings (SSSR count). The van der Waals surface area contributed by atoms with Gasteiger partial charge < -0.3 is 10.1 Å². The van der Waals surface area contributed by atoms with Crippen LogP contribution in [-0.4, -0.2) is 34.1 Å². The van der Waals surface area contributed by atoms with Gasteiger partial charge in [-0.25, -0.2) is 4.79 Å². The van der Waals surface area contributed by atoms with Crippen LogP contribution in [0.2, 0.25) is 0 Å². The maximum Gasteiger partial charge on any atom is 0.435 e. The molecule has 7 nitrogen and oxygen atoms in total. The van der Waals surface area contributed by atoms with Gasteiger partial charge in [0.1, 0.15) is 5.69 Å². The second-order valence-corrected chi connectivity index (χ2v) is 7.73. The fraction of sp³-hybridized carbons (Fsp3) is 0.565. The number of hydrogen-bond donors (Lipinski definition) is 1. The smallest absolute Gasteiger partial charge is 0.435 e. The second-order valence-electron chi connectivity index (χ2n) is 7.73. The lowest BCUT2D eigenvalue weighted by molar-refractivity contribution is -0.125. The average Bonchev–Trinajstić information content (AvgIpc) is 3.22. The van der Waals surface area contributed by atoms with Gasteiger partial charge in [0, 0.05) is 5.92 Å². The van der Waals surface area contributed by atoms with E-state index in [1.807, 2.05) is 51.1 Å². The number of ether oxygens (including phenoxy) is 1. The van der Waals surface area contributed by atoms with Crippen LogP contribution in [0.3, 0.4) is 0 Å². The Labute approximate surface area is 180 Å². The number of carbonyl (C=O) groups excluding carboxylic acids is 2. The minimum absolute atomic E-state index is 0.0600. The Kier molecular flexibility index (Phi) is 11.4. The molecule has 1 heterocycles. The molecule has 0 radical (unpaired) electrons. The fourth-order valence-corrected chi connectivity index (χ4v) is 2.89. The lowest BCUT2D eigenvalue weighted by Crippen LogP contribution is -2.36. The van der Waals surface area contributed by atoms with E-state index >= 15 is 0 Å². The minimum Gasteiger partial charge on any atom is -0.451 e. The van der Waals surface area contributed by atoms with E-state index in [0.29, 0.717) is 12.1 Å². The van der Waals surface area contributed by atoms with Gasteiger partial charge in [0.15, 0.2) is 0 Å². The van der Waals surface area contributed by atoms with Crippen molar-refractivity contribution >= 4 is 12.0 Å². The summed E-state index contributed by atoms with van der Waals surface area (Å²) in [4.78, 5) is 24.1. The van der Waals surface area contributed by atoms with Gasteiger partial charge in [-0.3, -0.25) is 4.79 Å².